The highest BCUT2D eigenvalue weighted by atomic mass is 19.1. The number of nitrogens with zero attached hydrogens (tertiary/aromatic N) is 5. The number of aromatic nitrogens is 3. The molecule has 11 nitrogen and oxygen atoms in total. The number of nitrogens with one attached hydrogen (secondary N) is 2. The second-order valence-corrected chi connectivity index (χ2v) is 9.55. The molecule has 1 atom stereocenters. The Labute approximate surface area is 212 Å². The number of aliphatic hydroxyl groups is 1. The van der Waals surface area contributed by atoms with Gasteiger partial charge in [-0.2, -0.15) is 10.4 Å². The number of rotatable bonds is 7. The molecule has 4 rings (SSSR count). The van der Waals surface area contributed by atoms with Crippen molar-refractivity contribution in [3.8, 4) is 17.5 Å². The molecule has 12 heteroatoms. The van der Waals surface area contributed by atoms with Gasteiger partial charge in [0.25, 0.3) is 5.91 Å². The molecule has 1 unspecified atom stereocenters. The molecule has 0 aromatic carbocycles. The van der Waals surface area contributed by atoms with E-state index in [1.165, 1.54) is 31.1 Å². The van der Waals surface area contributed by atoms with Crippen molar-refractivity contribution in [3.63, 3.8) is 0 Å². The largest absolute Gasteiger partial charge is 0.465 e. The maximum Gasteiger partial charge on any atom is 0.407 e. The topological polar surface area (TPSA) is 156 Å². The average molecular weight is 510 g/mol. The van der Waals surface area contributed by atoms with E-state index in [1.807, 2.05) is 0 Å². The molecule has 0 spiro atoms. The van der Waals surface area contributed by atoms with Crippen molar-refractivity contribution in [3.05, 3.63) is 47.8 Å². The number of anilines is 1. The Hall–Kier alpha value is -4.24. The molecule has 4 heterocycles. The van der Waals surface area contributed by atoms with Gasteiger partial charge in [-0.3, -0.25) is 9.78 Å². The summed E-state index contributed by atoms with van der Waals surface area (Å²) in [6, 6.07) is 8.96. The lowest BCUT2D eigenvalue weighted by Gasteiger charge is -2.31. The highest BCUT2D eigenvalue weighted by Crippen LogP contribution is 2.27. The van der Waals surface area contributed by atoms with Crippen LogP contribution in [0.15, 0.2) is 36.7 Å². The summed E-state index contributed by atoms with van der Waals surface area (Å²) in [5, 5.41) is 38.4. The summed E-state index contributed by atoms with van der Waals surface area (Å²) in [4.78, 5) is 30.0. The lowest BCUT2D eigenvalue weighted by molar-refractivity contribution is -0.00177. The van der Waals surface area contributed by atoms with Crippen LogP contribution in [0.25, 0.3) is 16.9 Å². The Morgan fingerprint density at radius 2 is 2.00 bits per heavy atom. The number of pyridine rings is 1. The number of nitriles is 1. The fourth-order valence-electron chi connectivity index (χ4n) is 4.11. The highest BCUT2D eigenvalue weighted by molar-refractivity contribution is 6.00. The van der Waals surface area contributed by atoms with Crippen LogP contribution in [0, 0.1) is 11.3 Å². The molecule has 37 heavy (non-hydrogen) atoms. The normalized spacial score (nSPS) is 15.3. The molecule has 1 aliphatic heterocycles. The maximum atomic E-state index is 14.2. The second-order valence-electron chi connectivity index (χ2n) is 9.55. The Morgan fingerprint density at radius 3 is 2.65 bits per heavy atom. The number of carboxylic acid groups (broad SMARTS) is 1. The molecule has 3 aromatic heterocycles. The van der Waals surface area contributed by atoms with Crippen LogP contribution in [0.1, 0.15) is 42.6 Å². The van der Waals surface area contributed by atoms with Gasteiger partial charge in [-0.25, -0.2) is 13.7 Å². The molecule has 0 aliphatic carbocycles. The molecule has 1 fully saturated rings. The summed E-state index contributed by atoms with van der Waals surface area (Å²) in [5.74, 6) is -0.562. The SMILES string of the molecule is CC(C)(O)C(F)CNC(=O)c1cnc(-c2ccc3cc(C#N)cnn23)cc1NC1CCN(C(=O)O)CC1. The van der Waals surface area contributed by atoms with E-state index in [4.69, 9.17) is 5.26 Å². The lowest BCUT2D eigenvalue weighted by atomic mass is 10.0. The van der Waals surface area contributed by atoms with Gasteiger partial charge in [-0.05, 0) is 51.0 Å². The highest BCUT2D eigenvalue weighted by Gasteiger charge is 2.28. The van der Waals surface area contributed by atoms with Crippen molar-refractivity contribution in [2.75, 3.05) is 25.0 Å². The summed E-state index contributed by atoms with van der Waals surface area (Å²) in [6.45, 7) is 2.99. The van der Waals surface area contributed by atoms with Crippen LogP contribution < -0.4 is 10.6 Å². The zero-order chi connectivity index (χ0) is 26.7. The minimum atomic E-state index is -1.67. The minimum absolute atomic E-state index is 0.0944. The summed E-state index contributed by atoms with van der Waals surface area (Å²) < 4.78 is 15.9. The van der Waals surface area contributed by atoms with Crippen LogP contribution in [-0.4, -0.2) is 79.2 Å². The molecule has 0 saturated carbocycles. The number of hydrogen-bond donors (Lipinski definition) is 4. The van der Waals surface area contributed by atoms with Gasteiger partial charge in [-0.1, -0.05) is 0 Å². The third-order valence-corrected chi connectivity index (χ3v) is 6.37. The molecule has 2 amide bonds. The van der Waals surface area contributed by atoms with Gasteiger partial charge in [0, 0.05) is 25.3 Å². The van der Waals surface area contributed by atoms with E-state index in [0.29, 0.717) is 54.1 Å². The third-order valence-electron chi connectivity index (χ3n) is 6.37. The van der Waals surface area contributed by atoms with E-state index >= 15 is 0 Å². The second kappa shape index (κ2) is 10.4. The van der Waals surface area contributed by atoms with Gasteiger partial charge >= 0.3 is 6.09 Å². The first-order valence-corrected chi connectivity index (χ1v) is 11.8. The number of likely N-dealkylation sites (tertiary alicyclic amines) is 1. The van der Waals surface area contributed by atoms with Gasteiger partial charge < -0.3 is 25.7 Å². The van der Waals surface area contributed by atoms with Crippen molar-refractivity contribution in [2.24, 2.45) is 0 Å². The van der Waals surface area contributed by atoms with E-state index in [0.717, 1.165) is 0 Å². The zero-order valence-electron chi connectivity index (χ0n) is 20.5. The molecule has 1 aliphatic rings. The fourth-order valence-corrected chi connectivity index (χ4v) is 4.11. The first-order chi connectivity index (χ1) is 17.6. The number of carbonyl (C=O) groups is 2. The Morgan fingerprint density at radius 1 is 1.27 bits per heavy atom. The number of piperidine rings is 1. The molecule has 3 aromatic rings. The molecule has 0 radical (unpaired) electrons. The number of hydrogen-bond acceptors (Lipinski definition) is 7. The Kier molecular flexibility index (Phi) is 7.26. The van der Waals surface area contributed by atoms with E-state index in [-0.39, 0.29) is 18.2 Å². The van der Waals surface area contributed by atoms with Gasteiger partial charge in [0.2, 0.25) is 0 Å². The first kappa shape index (κ1) is 25.8. The smallest absolute Gasteiger partial charge is 0.407 e. The fraction of sp³-hybridized carbons (Fsp3) is 0.400. The number of alkyl halides is 1. The van der Waals surface area contributed by atoms with Gasteiger partial charge in [0.15, 0.2) is 0 Å². The van der Waals surface area contributed by atoms with Crippen LogP contribution in [0.3, 0.4) is 0 Å². The summed E-state index contributed by atoms with van der Waals surface area (Å²) in [5.41, 5.74) is 1.31. The number of halogens is 1. The standard InChI is InChI=1S/C25H28FN7O4/c1-25(2,37)22(26)14-29-23(34)18-13-28-20(21-4-3-17-9-15(11-27)12-30-33(17)21)10-19(18)31-16-5-7-32(8-6-16)24(35)36/h3-4,9-10,12-13,16,22,37H,5-8,14H2,1-2H3,(H,28,31)(H,29,34)(H,35,36). The van der Waals surface area contributed by atoms with Crippen molar-refractivity contribution >= 4 is 23.2 Å². The summed E-state index contributed by atoms with van der Waals surface area (Å²) >= 11 is 0. The van der Waals surface area contributed by atoms with Crippen LogP contribution in [0.5, 0.6) is 0 Å². The van der Waals surface area contributed by atoms with E-state index in [9.17, 15) is 24.2 Å². The lowest BCUT2D eigenvalue weighted by Crippen LogP contribution is -2.43. The molecular formula is C25H28FN7O4. The number of carbonyl (C=O) groups excluding carboxylic acids is 1. The van der Waals surface area contributed by atoms with Gasteiger partial charge in [0.1, 0.15) is 12.2 Å². The Balaban J connectivity index is 1.63. The van der Waals surface area contributed by atoms with Crippen LogP contribution in [-0.2, 0) is 0 Å². The monoisotopic (exact) mass is 509 g/mol. The number of fused-ring (bicyclic) bond motifs is 1. The maximum absolute atomic E-state index is 14.2. The average Bonchev–Trinajstić information content (AvgIpc) is 3.30. The van der Waals surface area contributed by atoms with Crippen LogP contribution in [0.2, 0.25) is 0 Å². The van der Waals surface area contributed by atoms with Crippen molar-refractivity contribution in [1.29, 1.82) is 5.26 Å². The van der Waals surface area contributed by atoms with Gasteiger partial charge in [0.05, 0.1) is 52.1 Å². The first-order valence-electron chi connectivity index (χ1n) is 11.8. The van der Waals surface area contributed by atoms with Crippen molar-refractivity contribution in [1.82, 2.24) is 24.8 Å². The molecule has 194 valence electrons. The minimum Gasteiger partial charge on any atom is -0.465 e. The predicted molar refractivity (Wildman–Crippen MR) is 133 cm³/mol. The summed E-state index contributed by atoms with van der Waals surface area (Å²) in [6.07, 6.45) is 1.29. The summed E-state index contributed by atoms with van der Waals surface area (Å²) in [7, 11) is 0. The van der Waals surface area contributed by atoms with Crippen LogP contribution >= 0.6 is 0 Å². The molecule has 0 bridgehead atoms. The van der Waals surface area contributed by atoms with Gasteiger partial charge in [-0.15, -0.1) is 0 Å². The quantitative estimate of drug-likeness (QED) is 0.379. The van der Waals surface area contributed by atoms with Crippen LogP contribution in [0.4, 0.5) is 14.9 Å². The van der Waals surface area contributed by atoms with E-state index in [2.05, 4.69) is 26.8 Å². The molecular weight excluding hydrogens is 481 g/mol. The van der Waals surface area contributed by atoms with Crippen molar-refractivity contribution < 1.29 is 24.2 Å². The Bertz CT molecular complexity index is 1350. The van der Waals surface area contributed by atoms with E-state index < -0.39 is 23.8 Å². The molecule has 4 N–H and O–H groups in total. The number of amides is 2. The zero-order valence-corrected chi connectivity index (χ0v) is 20.5. The molecule has 1 saturated heterocycles. The van der Waals surface area contributed by atoms with Crippen molar-refractivity contribution in [2.45, 2.75) is 44.5 Å². The predicted octanol–water partition coefficient (Wildman–Crippen LogP) is 2.66. The third kappa shape index (κ3) is 5.78. The van der Waals surface area contributed by atoms with E-state index in [1.54, 1.807) is 28.8 Å².